The molecule has 0 saturated carbocycles. The van der Waals surface area contributed by atoms with Crippen molar-refractivity contribution in [3.63, 3.8) is 0 Å². The minimum Gasteiger partial charge on any atom is -0.388 e. The average Bonchev–Trinajstić information content (AvgIpc) is 3.35. The number of aromatic nitrogens is 3. The Morgan fingerprint density at radius 1 is 1.26 bits per heavy atom. The van der Waals surface area contributed by atoms with Crippen LogP contribution in [0.15, 0.2) is 36.3 Å². The summed E-state index contributed by atoms with van der Waals surface area (Å²) in [6, 6.07) is 2.42. The Kier molecular flexibility index (Phi) is 5.83. The largest absolute Gasteiger partial charge is 0.388 e. The third kappa shape index (κ3) is 3.66. The number of nitrogens with zero attached hydrogens (tertiary/aromatic N) is 3. The van der Waals surface area contributed by atoms with Crippen LogP contribution in [0, 0.1) is 5.82 Å². The molecule has 1 aliphatic heterocycles. The predicted molar refractivity (Wildman–Crippen MR) is 121 cm³/mol. The first-order chi connectivity index (χ1) is 16.3. The number of fused-ring (bicyclic) bond motifs is 2. The second-order valence-electron chi connectivity index (χ2n) is 9.05. The molecule has 10 heteroatoms. The number of rotatable bonds is 5. The number of alkyl halides is 2. The number of nitrogen functional groups attached to an aromatic ring is 1. The lowest BCUT2D eigenvalue weighted by Gasteiger charge is -2.28. The van der Waals surface area contributed by atoms with E-state index in [2.05, 4.69) is 15.3 Å². The molecule has 2 aromatic heterocycles. The molecule has 34 heavy (non-hydrogen) atoms. The van der Waals surface area contributed by atoms with Gasteiger partial charge in [0.25, 0.3) is 6.43 Å². The molecule has 3 heterocycles. The predicted octanol–water partition coefficient (Wildman–Crippen LogP) is 3.13. The number of benzene rings is 1. The lowest BCUT2D eigenvalue weighted by Crippen LogP contribution is -2.30. The quantitative estimate of drug-likeness (QED) is 0.424. The van der Waals surface area contributed by atoms with Crippen molar-refractivity contribution in [3.8, 4) is 0 Å². The van der Waals surface area contributed by atoms with Crippen LogP contribution in [0.2, 0.25) is 0 Å². The van der Waals surface area contributed by atoms with Gasteiger partial charge in [0.05, 0.1) is 17.0 Å². The topological polar surface area (TPSA) is 109 Å². The lowest BCUT2D eigenvalue weighted by atomic mass is 9.85. The molecule has 0 radical (unpaired) electrons. The summed E-state index contributed by atoms with van der Waals surface area (Å²) >= 11 is 0. The lowest BCUT2D eigenvalue weighted by molar-refractivity contribution is 0.0317. The van der Waals surface area contributed by atoms with Crippen LogP contribution in [0.4, 0.5) is 19.0 Å². The van der Waals surface area contributed by atoms with Gasteiger partial charge in [-0.3, -0.25) is 0 Å². The molecular formula is C24H26F3N5O2. The average molecular weight is 473 g/mol. The fraction of sp³-hybridized carbons (Fsp3) is 0.417. The second-order valence-corrected chi connectivity index (χ2v) is 9.05. The summed E-state index contributed by atoms with van der Waals surface area (Å²) < 4.78 is 43.7. The van der Waals surface area contributed by atoms with Crippen LogP contribution in [0.5, 0.6) is 0 Å². The first-order valence-corrected chi connectivity index (χ1v) is 11.2. The van der Waals surface area contributed by atoms with Crippen molar-refractivity contribution in [1.82, 2.24) is 19.9 Å². The number of halogens is 3. The van der Waals surface area contributed by atoms with Gasteiger partial charge < -0.3 is 25.8 Å². The minimum absolute atomic E-state index is 0.222. The zero-order valence-corrected chi connectivity index (χ0v) is 18.5. The van der Waals surface area contributed by atoms with E-state index in [-0.39, 0.29) is 5.92 Å². The fourth-order valence-corrected chi connectivity index (χ4v) is 5.23. The molecule has 0 bridgehead atoms. The van der Waals surface area contributed by atoms with Gasteiger partial charge in [-0.25, -0.2) is 23.1 Å². The van der Waals surface area contributed by atoms with Crippen molar-refractivity contribution in [3.05, 3.63) is 64.4 Å². The molecule has 180 valence electrons. The van der Waals surface area contributed by atoms with E-state index < -0.39 is 36.1 Å². The van der Waals surface area contributed by atoms with Crippen molar-refractivity contribution < 1.29 is 23.4 Å². The fourth-order valence-electron chi connectivity index (χ4n) is 5.23. The van der Waals surface area contributed by atoms with Gasteiger partial charge in [0, 0.05) is 19.3 Å². The molecule has 0 saturated heterocycles. The van der Waals surface area contributed by atoms with Gasteiger partial charge in [0.1, 0.15) is 35.8 Å². The monoisotopic (exact) mass is 473 g/mol. The van der Waals surface area contributed by atoms with Gasteiger partial charge in [-0.05, 0) is 53.2 Å². The number of anilines is 1. The number of aryl methyl sites for hydroxylation is 1. The van der Waals surface area contributed by atoms with Crippen LogP contribution in [-0.2, 0) is 13.0 Å². The van der Waals surface area contributed by atoms with Crippen LogP contribution in [0.1, 0.15) is 54.0 Å². The first kappa shape index (κ1) is 22.8. The van der Waals surface area contributed by atoms with E-state index in [0.29, 0.717) is 65.0 Å². The van der Waals surface area contributed by atoms with Gasteiger partial charge >= 0.3 is 0 Å². The first-order valence-electron chi connectivity index (χ1n) is 11.2. The molecule has 0 fully saturated rings. The smallest absolute Gasteiger partial charge is 0.266 e. The van der Waals surface area contributed by atoms with Gasteiger partial charge in [0.15, 0.2) is 0 Å². The highest BCUT2D eigenvalue weighted by atomic mass is 19.3. The zero-order valence-electron chi connectivity index (χ0n) is 18.5. The van der Waals surface area contributed by atoms with Crippen molar-refractivity contribution >= 4 is 16.9 Å². The maximum atomic E-state index is 14.8. The maximum absolute atomic E-state index is 14.8. The molecule has 1 aromatic carbocycles. The Balaban J connectivity index is 1.46. The molecule has 4 atom stereocenters. The minimum atomic E-state index is -2.91. The van der Waals surface area contributed by atoms with E-state index >= 15 is 0 Å². The molecule has 7 nitrogen and oxygen atoms in total. The summed E-state index contributed by atoms with van der Waals surface area (Å²) in [6.45, 7) is 2.74. The Hall–Kier alpha value is -2.95. The van der Waals surface area contributed by atoms with E-state index in [1.807, 2.05) is 6.92 Å². The summed E-state index contributed by atoms with van der Waals surface area (Å²) in [5.74, 6) is -0.723. The Labute approximate surface area is 194 Å². The molecule has 2 aliphatic rings. The molecule has 5 rings (SSSR count). The SMILES string of the molecule is CC1CNCc2c(CCC3=C[C@@H](n4ccc5c(N)ncnc54)[C@H](O)[C@@H]3O)cc(C(F)F)c(F)c21. The van der Waals surface area contributed by atoms with Crippen LogP contribution in [0.25, 0.3) is 11.0 Å². The van der Waals surface area contributed by atoms with E-state index in [1.54, 1.807) is 22.9 Å². The summed E-state index contributed by atoms with van der Waals surface area (Å²) in [7, 11) is 0. The zero-order chi connectivity index (χ0) is 24.1. The van der Waals surface area contributed by atoms with Gasteiger partial charge in [0.2, 0.25) is 0 Å². The molecular weight excluding hydrogens is 447 g/mol. The molecule has 1 unspecified atom stereocenters. The van der Waals surface area contributed by atoms with Crippen molar-refractivity contribution in [2.24, 2.45) is 0 Å². The number of nitrogens with one attached hydrogen (secondary N) is 1. The Morgan fingerprint density at radius 2 is 2.06 bits per heavy atom. The summed E-state index contributed by atoms with van der Waals surface area (Å²) in [5.41, 5.74) is 8.13. The van der Waals surface area contributed by atoms with E-state index in [9.17, 15) is 23.4 Å². The molecule has 3 aromatic rings. The van der Waals surface area contributed by atoms with Gasteiger partial charge in [-0.2, -0.15) is 0 Å². The number of hydrogen-bond acceptors (Lipinski definition) is 6. The molecule has 5 N–H and O–H groups in total. The highest BCUT2D eigenvalue weighted by Crippen LogP contribution is 2.38. The number of nitrogens with two attached hydrogens (primary N) is 1. The summed E-state index contributed by atoms with van der Waals surface area (Å²) in [6.07, 6.45) is 0.369. The van der Waals surface area contributed by atoms with Crippen molar-refractivity contribution in [1.29, 1.82) is 0 Å². The highest BCUT2D eigenvalue weighted by molar-refractivity contribution is 5.86. The molecule has 0 spiro atoms. The summed E-state index contributed by atoms with van der Waals surface area (Å²) in [4.78, 5) is 8.22. The third-order valence-electron chi connectivity index (χ3n) is 7.00. The molecule has 1 aliphatic carbocycles. The van der Waals surface area contributed by atoms with Crippen molar-refractivity contribution in [2.75, 3.05) is 12.3 Å². The molecule has 0 amide bonds. The normalized spacial score (nSPS) is 24.6. The van der Waals surface area contributed by atoms with Crippen LogP contribution >= 0.6 is 0 Å². The highest BCUT2D eigenvalue weighted by Gasteiger charge is 2.36. The standard InChI is InChI=1S/C24H26F3N5O2/c1-11-8-29-9-16-12(6-15(22(26)27)19(25)18(11)16)2-3-13-7-17(21(34)20(13)33)32-5-4-14-23(28)30-10-31-24(14)32/h4-7,10-11,17,20-22,29,33-34H,2-3,8-9H2,1H3,(H2,28,30,31)/t11?,17-,20-,21+/m1/s1. The summed E-state index contributed by atoms with van der Waals surface area (Å²) in [5, 5.41) is 25.3. The van der Waals surface area contributed by atoms with Crippen molar-refractivity contribution in [2.45, 2.75) is 56.9 Å². The Bertz CT molecular complexity index is 1280. The van der Waals surface area contributed by atoms with Gasteiger partial charge in [-0.15, -0.1) is 0 Å². The van der Waals surface area contributed by atoms with Crippen LogP contribution < -0.4 is 11.1 Å². The third-order valence-corrected chi connectivity index (χ3v) is 7.00. The van der Waals surface area contributed by atoms with Crippen LogP contribution in [-0.4, -0.2) is 43.5 Å². The number of aliphatic hydroxyl groups is 2. The number of aliphatic hydroxyl groups excluding tert-OH is 2. The second kappa shape index (κ2) is 8.68. The van der Waals surface area contributed by atoms with E-state index in [4.69, 9.17) is 5.73 Å². The van der Waals surface area contributed by atoms with E-state index in [1.165, 1.54) is 12.4 Å². The Morgan fingerprint density at radius 3 is 2.82 bits per heavy atom. The van der Waals surface area contributed by atoms with Crippen LogP contribution in [0.3, 0.4) is 0 Å². The van der Waals surface area contributed by atoms with Gasteiger partial charge in [-0.1, -0.05) is 13.0 Å². The maximum Gasteiger partial charge on any atom is 0.266 e. The number of hydrogen-bond donors (Lipinski definition) is 4. The van der Waals surface area contributed by atoms with E-state index in [0.717, 1.165) is 0 Å².